The van der Waals surface area contributed by atoms with E-state index in [1.165, 1.54) is 0 Å². The van der Waals surface area contributed by atoms with Crippen LogP contribution in [0.1, 0.15) is 5.01 Å². The highest BCUT2D eigenvalue weighted by molar-refractivity contribution is 7.09. The Morgan fingerprint density at radius 2 is 2.33 bits per heavy atom. The van der Waals surface area contributed by atoms with Gasteiger partial charge < -0.3 is 10.1 Å². The minimum atomic E-state index is 0.881. The Kier molecular flexibility index (Phi) is 4.53. The van der Waals surface area contributed by atoms with Crippen molar-refractivity contribution in [2.24, 2.45) is 0 Å². The van der Waals surface area contributed by atoms with Crippen LogP contribution in [0, 0.1) is 0 Å². The van der Waals surface area contributed by atoms with Crippen LogP contribution in [0.4, 0.5) is 0 Å². The number of morpholine rings is 1. The van der Waals surface area contributed by atoms with Gasteiger partial charge in [0.05, 0.1) is 13.2 Å². The highest BCUT2D eigenvalue weighted by atomic mass is 32.1. The summed E-state index contributed by atoms with van der Waals surface area (Å²) in [6.45, 7) is 6.92. The number of nitrogens with one attached hydrogen (secondary N) is 1. The highest BCUT2D eigenvalue weighted by Crippen LogP contribution is 2.02. The monoisotopic (exact) mass is 227 g/mol. The third-order valence-electron chi connectivity index (χ3n) is 2.47. The Bertz CT molecular complexity index is 260. The Labute approximate surface area is 94.3 Å². The molecule has 4 nitrogen and oxygen atoms in total. The van der Waals surface area contributed by atoms with Crippen molar-refractivity contribution in [2.75, 3.05) is 39.4 Å². The molecule has 2 heterocycles. The molecule has 0 aliphatic carbocycles. The predicted octanol–water partition coefficient (Wildman–Crippen LogP) is 0.565. The van der Waals surface area contributed by atoms with Crippen molar-refractivity contribution in [3.63, 3.8) is 0 Å². The average Bonchev–Trinajstić information content (AvgIpc) is 2.79. The van der Waals surface area contributed by atoms with Gasteiger partial charge in [-0.15, -0.1) is 11.3 Å². The number of aromatic nitrogens is 1. The van der Waals surface area contributed by atoms with E-state index >= 15 is 0 Å². The Morgan fingerprint density at radius 1 is 1.47 bits per heavy atom. The van der Waals surface area contributed by atoms with Gasteiger partial charge in [-0.1, -0.05) is 0 Å². The third kappa shape index (κ3) is 3.87. The van der Waals surface area contributed by atoms with Crippen molar-refractivity contribution < 1.29 is 4.74 Å². The molecule has 1 fully saturated rings. The fourth-order valence-electron chi connectivity index (χ4n) is 1.60. The fourth-order valence-corrected chi connectivity index (χ4v) is 2.18. The number of thiazole rings is 1. The lowest BCUT2D eigenvalue weighted by atomic mass is 10.4. The van der Waals surface area contributed by atoms with E-state index < -0.39 is 0 Å². The van der Waals surface area contributed by atoms with Gasteiger partial charge in [0.1, 0.15) is 5.01 Å². The van der Waals surface area contributed by atoms with Gasteiger partial charge in [0.15, 0.2) is 0 Å². The first-order valence-corrected chi connectivity index (χ1v) is 6.22. The van der Waals surface area contributed by atoms with Gasteiger partial charge >= 0.3 is 0 Å². The van der Waals surface area contributed by atoms with E-state index in [0.717, 1.165) is 50.9 Å². The van der Waals surface area contributed by atoms with Gasteiger partial charge in [-0.25, -0.2) is 4.98 Å². The minimum absolute atomic E-state index is 0.881. The van der Waals surface area contributed by atoms with Gasteiger partial charge in [0, 0.05) is 44.3 Å². The third-order valence-corrected chi connectivity index (χ3v) is 3.25. The quantitative estimate of drug-likeness (QED) is 0.746. The Morgan fingerprint density at radius 3 is 3.07 bits per heavy atom. The highest BCUT2D eigenvalue weighted by Gasteiger charge is 2.08. The van der Waals surface area contributed by atoms with Crippen molar-refractivity contribution in [3.8, 4) is 0 Å². The second-order valence-corrected chi connectivity index (χ2v) is 4.54. The average molecular weight is 227 g/mol. The molecule has 0 atom stereocenters. The largest absolute Gasteiger partial charge is 0.379 e. The second kappa shape index (κ2) is 6.17. The van der Waals surface area contributed by atoms with E-state index in [1.54, 1.807) is 11.3 Å². The molecule has 0 spiro atoms. The van der Waals surface area contributed by atoms with Crippen LogP contribution in [-0.2, 0) is 11.3 Å². The zero-order valence-corrected chi connectivity index (χ0v) is 9.63. The van der Waals surface area contributed by atoms with Crippen LogP contribution >= 0.6 is 11.3 Å². The first-order chi connectivity index (χ1) is 7.45. The SMILES string of the molecule is c1csc(CNCCN2CCOCC2)n1. The maximum atomic E-state index is 5.29. The summed E-state index contributed by atoms with van der Waals surface area (Å²) in [5.41, 5.74) is 0. The number of hydrogen-bond donors (Lipinski definition) is 1. The normalized spacial score (nSPS) is 18.1. The topological polar surface area (TPSA) is 37.4 Å². The van der Waals surface area contributed by atoms with Crippen molar-refractivity contribution >= 4 is 11.3 Å². The summed E-state index contributed by atoms with van der Waals surface area (Å²) >= 11 is 1.70. The van der Waals surface area contributed by atoms with E-state index in [4.69, 9.17) is 4.74 Å². The first-order valence-electron chi connectivity index (χ1n) is 5.34. The molecule has 0 unspecified atom stereocenters. The number of rotatable bonds is 5. The molecule has 1 aliphatic rings. The van der Waals surface area contributed by atoms with Crippen LogP contribution in [0.5, 0.6) is 0 Å². The van der Waals surface area contributed by atoms with Crippen LogP contribution in [0.2, 0.25) is 0 Å². The summed E-state index contributed by atoms with van der Waals surface area (Å²) in [4.78, 5) is 6.65. The van der Waals surface area contributed by atoms with E-state index in [-0.39, 0.29) is 0 Å². The molecule has 0 radical (unpaired) electrons. The molecule has 1 aromatic rings. The summed E-state index contributed by atoms with van der Waals surface area (Å²) in [6, 6.07) is 0. The molecule has 0 aromatic carbocycles. The van der Waals surface area contributed by atoms with Crippen molar-refractivity contribution in [3.05, 3.63) is 16.6 Å². The maximum absolute atomic E-state index is 5.29. The molecule has 0 amide bonds. The van der Waals surface area contributed by atoms with Gasteiger partial charge in [-0.3, -0.25) is 4.90 Å². The Balaban J connectivity index is 1.54. The molecule has 2 rings (SSSR count). The van der Waals surface area contributed by atoms with E-state index in [1.807, 2.05) is 11.6 Å². The smallest absolute Gasteiger partial charge is 0.106 e. The minimum Gasteiger partial charge on any atom is -0.379 e. The van der Waals surface area contributed by atoms with Crippen molar-refractivity contribution in [1.29, 1.82) is 0 Å². The molecule has 1 aromatic heterocycles. The van der Waals surface area contributed by atoms with Crippen molar-refractivity contribution in [1.82, 2.24) is 15.2 Å². The Hall–Kier alpha value is -0.490. The number of hydrogen-bond acceptors (Lipinski definition) is 5. The summed E-state index contributed by atoms with van der Waals surface area (Å²) in [5, 5.41) is 6.58. The standard InChI is InChI=1S/C10H17N3OS/c1(3-13-4-6-14-7-5-13)11-9-10-12-2-8-15-10/h2,8,11H,1,3-7,9H2. The van der Waals surface area contributed by atoms with Crippen LogP contribution in [-0.4, -0.2) is 49.3 Å². The lowest BCUT2D eigenvalue weighted by molar-refractivity contribution is 0.0384. The van der Waals surface area contributed by atoms with E-state index in [2.05, 4.69) is 15.2 Å². The molecule has 1 N–H and O–H groups in total. The summed E-state index contributed by atoms with van der Waals surface area (Å²) < 4.78 is 5.29. The van der Waals surface area contributed by atoms with Crippen LogP contribution in [0.25, 0.3) is 0 Å². The lowest BCUT2D eigenvalue weighted by Crippen LogP contribution is -2.40. The molecule has 0 bridgehead atoms. The molecule has 15 heavy (non-hydrogen) atoms. The molecule has 1 saturated heterocycles. The van der Waals surface area contributed by atoms with Crippen molar-refractivity contribution in [2.45, 2.75) is 6.54 Å². The van der Waals surface area contributed by atoms with Gasteiger partial charge in [0.25, 0.3) is 0 Å². The van der Waals surface area contributed by atoms with Crippen LogP contribution in [0.15, 0.2) is 11.6 Å². The molecule has 1 aliphatic heterocycles. The molecule has 5 heteroatoms. The van der Waals surface area contributed by atoms with Crippen LogP contribution in [0.3, 0.4) is 0 Å². The van der Waals surface area contributed by atoms with E-state index in [9.17, 15) is 0 Å². The van der Waals surface area contributed by atoms with Crippen LogP contribution < -0.4 is 5.32 Å². The van der Waals surface area contributed by atoms with Gasteiger partial charge in [-0.2, -0.15) is 0 Å². The maximum Gasteiger partial charge on any atom is 0.106 e. The zero-order valence-electron chi connectivity index (χ0n) is 8.82. The number of nitrogens with zero attached hydrogens (tertiary/aromatic N) is 2. The first kappa shape index (κ1) is 11.0. The molecular weight excluding hydrogens is 210 g/mol. The fraction of sp³-hybridized carbons (Fsp3) is 0.700. The van der Waals surface area contributed by atoms with E-state index in [0.29, 0.717) is 0 Å². The lowest BCUT2D eigenvalue weighted by Gasteiger charge is -2.26. The summed E-state index contributed by atoms with van der Waals surface area (Å²) in [5.74, 6) is 0. The predicted molar refractivity (Wildman–Crippen MR) is 61.1 cm³/mol. The van der Waals surface area contributed by atoms with Gasteiger partial charge in [-0.05, 0) is 0 Å². The molecule has 0 saturated carbocycles. The summed E-state index contributed by atoms with van der Waals surface area (Å²) in [6.07, 6.45) is 1.85. The number of ether oxygens (including phenoxy) is 1. The van der Waals surface area contributed by atoms with Gasteiger partial charge in [0.2, 0.25) is 0 Å². The molecular formula is C10H17N3OS. The second-order valence-electron chi connectivity index (χ2n) is 3.56. The zero-order chi connectivity index (χ0) is 10.3. The molecule has 84 valence electrons. The summed E-state index contributed by atoms with van der Waals surface area (Å²) in [7, 11) is 0.